The van der Waals surface area contributed by atoms with E-state index in [1.165, 1.54) is 11.1 Å². The van der Waals surface area contributed by atoms with Crippen molar-refractivity contribution in [2.24, 2.45) is 11.7 Å². The Balaban J connectivity index is 0.00000312. The van der Waals surface area contributed by atoms with Crippen LogP contribution in [0.1, 0.15) is 43.4 Å². The molecule has 1 atom stereocenters. The highest BCUT2D eigenvalue weighted by atomic mass is 35.5. The van der Waals surface area contributed by atoms with Crippen LogP contribution >= 0.6 is 12.4 Å². The van der Waals surface area contributed by atoms with Gasteiger partial charge in [-0.2, -0.15) is 0 Å². The van der Waals surface area contributed by atoms with E-state index in [-0.39, 0.29) is 36.7 Å². The molecule has 0 spiro atoms. The molecule has 3 N–H and O–H groups in total. The average Bonchev–Trinajstić information content (AvgIpc) is 3.37. The molecule has 25 heavy (non-hydrogen) atoms. The van der Waals surface area contributed by atoms with Gasteiger partial charge in [-0.3, -0.25) is 9.59 Å². The molecule has 0 bridgehead atoms. The molecule has 0 radical (unpaired) electrons. The van der Waals surface area contributed by atoms with Crippen molar-refractivity contribution < 1.29 is 9.59 Å². The zero-order chi connectivity index (χ0) is 17.9. The number of benzene rings is 1. The van der Waals surface area contributed by atoms with Crippen molar-refractivity contribution in [1.82, 2.24) is 10.2 Å². The fraction of sp³-hybridized carbons (Fsp3) is 0.579. The summed E-state index contributed by atoms with van der Waals surface area (Å²) in [5, 5.41) is 2.68. The van der Waals surface area contributed by atoms with Crippen LogP contribution in [0.3, 0.4) is 0 Å². The van der Waals surface area contributed by atoms with E-state index in [9.17, 15) is 9.59 Å². The van der Waals surface area contributed by atoms with Crippen LogP contribution in [-0.4, -0.2) is 35.3 Å². The van der Waals surface area contributed by atoms with Gasteiger partial charge in [0.2, 0.25) is 11.8 Å². The average molecular weight is 368 g/mol. The Bertz CT molecular complexity index is 615. The maximum absolute atomic E-state index is 12.5. The third kappa shape index (κ3) is 6.01. The molecule has 2 amide bonds. The summed E-state index contributed by atoms with van der Waals surface area (Å²) in [6, 6.07) is 6.01. The number of hydrogen-bond acceptors (Lipinski definition) is 3. The normalized spacial score (nSPS) is 14.6. The van der Waals surface area contributed by atoms with Crippen molar-refractivity contribution in [2.75, 3.05) is 6.54 Å². The smallest absolute Gasteiger partial charge is 0.242 e. The SMILES string of the molecule is Cc1ccc(CN(C(=O)CNC(=O)[C@@H](N)C(C)C)C2CC2)cc1C.Cl. The molecule has 1 aliphatic rings. The van der Waals surface area contributed by atoms with E-state index >= 15 is 0 Å². The van der Waals surface area contributed by atoms with E-state index in [4.69, 9.17) is 5.73 Å². The van der Waals surface area contributed by atoms with E-state index in [0.29, 0.717) is 12.6 Å². The first-order valence-corrected chi connectivity index (χ1v) is 8.68. The molecule has 1 fully saturated rings. The third-order valence-electron chi connectivity index (χ3n) is 4.67. The number of hydrogen-bond donors (Lipinski definition) is 2. The summed E-state index contributed by atoms with van der Waals surface area (Å²) in [5.41, 5.74) is 9.42. The molecule has 6 heteroatoms. The molecule has 0 aromatic heterocycles. The fourth-order valence-corrected chi connectivity index (χ4v) is 2.59. The molecule has 0 saturated heterocycles. The third-order valence-corrected chi connectivity index (χ3v) is 4.67. The monoisotopic (exact) mass is 367 g/mol. The Kier molecular flexibility index (Phi) is 7.90. The van der Waals surface area contributed by atoms with Gasteiger partial charge in [0, 0.05) is 12.6 Å². The zero-order valence-electron chi connectivity index (χ0n) is 15.5. The lowest BCUT2D eigenvalue weighted by Crippen LogP contribution is -2.48. The first-order valence-electron chi connectivity index (χ1n) is 8.68. The summed E-state index contributed by atoms with van der Waals surface area (Å²) >= 11 is 0. The van der Waals surface area contributed by atoms with Crippen LogP contribution in [0.15, 0.2) is 18.2 Å². The number of nitrogens with zero attached hydrogens (tertiary/aromatic N) is 1. The molecule has 2 rings (SSSR count). The predicted octanol–water partition coefficient (Wildman–Crippen LogP) is 2.32. The molecule has 0 aliphatic heterocycles. The number of amides is 2. The second kappa shape index (κ2) is 9.20. The predicted molar refractivity (Wildman–Crippen MR) is 103 cm³/mol. The molecule has 0 heterocycles. The van der Waals surface area contributed by atoms with Gasteiger partial charge < -0.3 is 16.0 Å². The molecule has 1 aromatic rings. The maximum Gasteiger partial charge on any atom is 0.242 e. The minimum Gasteiger partial charge on any atom is -0.346 e. The van der Waals surface area contributed by atoms with Gasteiger partial charge in [0.25, 0.3) is 0 Å². The van der Waals surface area contributed by atoms with Gasteiger partial charge in [0.05, 0.1) is 12.6 Å². The van der Waals surface area contributed by atoms with Crippen molar-refractivity contribution in [3.8, 4) is 0 Å². The molecule has 1 aliphatic carbocycles. The second-order valence-electron chi connectivity index (χ2n) is 7.16. The summed E-state index contributed by atoms with van der Waals surface area (Å²) in [6.07, 6.45) is 2.08. The molecule has 140 valence electrons. The highest BCUT2D eigenvalue weighted by Crippen LogP contribution is 2.28. The summed E-state index contributed by atoms with van der Waals surface area (Å²) < 4.78 is 0. The van der Waals surface area contributed by atoms with Crippen molar-refractivity contribution >= 4 is 24.2 Å². The van der Waals surface area contributed by atoms with Gasteiger partial charge in [-0.25, -0.2) is 0 Å². The highest BCUT2D eigenvalue weighted by Gasteiger charge is 2.32. The Hall–Kier alpha value is -1.59. The van der Waals surface area contributed by atoms with Crippen LogP contribution in [0.2, 0.25) is 0 Å². The van der Waals surface area contributed by atoms with E-state index in [1.807, 2.05) is 18.7 Å². The minimum absolute atomic E-state index is 0. The summed E-state index contributed by atoms with van der Waals surface area (Å²) in [5.74, 6) is -0.254. The lowest BCUT2D eigenvalue weighted by molar-refractivity contribution is -0.134. The van der Waals surface area contributed by atoms with Gasteiger partial charge >= 0.3 is 0 Å². The van der Waals surface area contributed by atoms with Crippen molar-refractivity contribution in [1.29, 1.82) is 0 Å². The first-order chi connectivity index (χ1) is 11.3. The maximum atomic E-state index is 12.5. The van der Waals surface area contributed by atoms with Crippen LogP contribution in [0.5, 0.6) is 0 Å². The van der Waals surface area contributed by atoms with Crippen LogP contribution in [0.25, 0.3) is 0 Å². The second-order valence-corrected chi connectivity index (χ2v) is 7.16. The quantitative estimate of drug-likeness (QED) is 0.776. The number of carbonyl (C=O) groups is 2. The molecule has 1 aromatic carbocycles. The lowest BCUT2D eigenvalue weighted by Gasteiger charge is -2.24. The van der Waals surface area contributed by atoms with Crippen molar-refractivity contribution in [3.63, 3.8) is 0 Å². The molecular formula is C19H30ClN3O2. The van der Waals surface area contributed by atoms with Gasteiger partial charge in [-0.1, -0.05) is 32.0 Å². The number of nitrogens with one attached hydrogen (secondary N) is 1. The largest absolute Gasteiger partial charge is 0.346 e. The number of carbonyl (C=O) groups excluding carboxylic acids is 2. The number of rotatable bonds is 7. The summed E-state index contributed by atoms with van der Waals surface area (Å²) in [7, 11) is 0. The Labute approximate surface area is 156 Å². The van der Waals surface area contributed by atoms with Gasteiger partial charge in [0.1, 0.15) is 0 Å². The molecule has 0 unspecified atom stereocenters. The Morgan fingerprint density at radius 1 is 1.24 bits per heavy atom. The van der Waals surface area contributed by atoms with Crippen molar-refractivity contribution in [2.45, 2.75) is 59.2 Å². The molecular weight excluding hydrogens is 338 g/mol. The van der Waals surface area contributed by atoms with Crippen LogP contribution < -0.4 is 11.1 Å². The fourth-order valence-electron chi connectivity index (χ4n) is 2.59. The lowest BCUT2D eigenvalue weighted by atomic mass is 10.1. The van der Waals surface area contributed by atoms with Crippen molar-refractivity contribution in [3.05, 3.63) is 34.9 Å². The van der Waals surface area contributed by atoms with E-state index in [0.717, 1.165) is 18.4 Å². The summed E-state index contributed by atoms with van der Waals surface area (Å²) in [6.45, 7) is 8.55. The standard InChI is InChI=1S/C19H29N3O2.ClH/c1-12(2)18(20)19(24)21-10-17(23)22(16-7-8-16)11-15-6-5-13(3)14(4)9-15;/h5-6,9,12,16,18H,7-8,10-11,20H2,1-4H3,(H,21,24);1H/t18-;/m0./s1. The first kappa shape index (κ1) is 21.5. The van der Waals surface area contributed by atoms with Gasteiger partial charge in [-0.05, 0) is 49.3 Å². The molecule has 5 nitrogen and oxygen atoms in total. The van der Waals surface area contributed by atoms with Gasteiger partial charge in [0.15, 0.2) is 0 Å². The Morgan fingerprint density at radius 2 is 1.88 bits per heavy atom. The Morgan fingerprint density at radius 3 is 2.40 bits per heavy atom. The van der Waals surface area contributed by atoms with E-state index in [2.05, 4.69) is 37.4 Å². The van der Waals surface area contributed by atoms with E-state index in [1.54, 1.807) is 0 Å². The van der Waals surface area contributed by atoms with Crippen LogP contribution in [0.4, 0.5) is 0 Å². The number of halogens is 1. The van der Waals surface area contributed by atoms with Crippen LogP contribution in [-0.2, 0) is 16.1 Å². The molecule has 1 saturated carbocycles. The highest BCUT2D eigenvalue weighted by molar-refractivity contribution is 5.87. The topological polar surface area (TPSA) is 75.4 Å². The number of nitrogens with two attached hydrogens (primary N) is 1. The van der Waals surface area contributed by atoms with Crippen LogP contribution in [0, 0.1) is 19.8 Å². The van der Waals surface area contributed by atoms with E-state index < -0.39 is 6.04 Å². The van der Waals surface area contributed by atoms with Gasteiger partial charge in [-0.15, -0.1) is 12.4 Å². The zero-order valence-corrected chi connectivity index (χ0v) is 16.4. The summed E-state index contributed by atoms with van der Waals surface area (Å²) in [4.78, 5) is 26.4. The minimum atomic E-state index is -0.577. The number of aryl methyl sites for hydroxylation is 2.